The Bertz CT molecular complexity index is 1060. The Kier molecular flexibility index (Phi) is 7.55. The van der Waals surface area contributed by atoms with Crippen LogP contribution in [0.5, 0.6) is 5.75 Å². The monoisotopic (exact) mass is 449 g/mol. The Labute approximate surface area is 179 Å². The molecule has 0 aliphatic carbocycles. The molecule has 2 aromatic heterocycles. The molecular weight excluding hydrogens is 432 g/mol. The second kappa shape index (κ2) is 10.5. The molecule has 162 valence electrons. The number of rotatable bonds is 9. The number of carbonyl (C=O) groups excluding carboxylic acids is 2. The maximum Gasteiger partial charge on any atom is 0.387 e. The number of esters is 1. The molecule has 8 nitrogen and oxygen atoms in total. The van der Waals surface area contributed by atoms with E-state index in [1.54, 1.807) is 19.1 Å². The molecule has 0 radical (unpaired) electrons. The van der Waals surface area contributed by atoms with Crippen LogP contribution in [0.2, 0.25) is 0 Å². The SMILES string of the molecule is Cc1cc(CSc2ncccc2C(=O)OCC(=O)Nc2ccccc2OC(F)F)no1. The molecule has 0 fully saturated rings. The van der Waals surface area contributed by atoms with Crippen molar-refractivity contribution in [2.45, 2.75) is 24.3 Å². The molecule has 31 heavy (non-hydrogen) atoms. The van der Waals surface area contributed by atoms with Crippen LogP contribution in [0.3, 0.4) is 0 Å². The van der Waals surface area contributed by atoms with Gasteiger partial charge in [0, 0.05) is 18.0 Å². The standard InChI is InChI=1S/C20H17F2N3O5S/c1-12-9-13(25-30-12)11-31-18-14(5-4-8-23-18)19(27)28-10-17(26)24-15-6-2-3-7-16(15)29-20(21)22/h2-9,20H,10-11H2,1H3,(H,24,26). The van der Waals surface area contributed by atoms with Crippen molar-refractivity contribution in [1.29, 1.82) is 0 Å². The summed E-state index contributed by atoms with van der Waals surface area (Å²) in [5.41, 5.74) is 0.905. The number of aryl methyl sites for hydroxylation is 1. The van der Waals surface area contributed by atoms with Gasteiger partial charge in [0.1, 0.15) is 16.5 Å². The number of nitrogens with zero attached hydrogens (tertiary/aromatic N) is 2. The lowest BCUT2D eigenvalue weighted by atomic mass is 10.3. The highest BCUT2D eigenvalue weighted by molar-refractivity contribution is 7.98. The highest BCUT2D eigenvalue weighted by Crippen LogP contribution is 2.26. The van der Waals surface area contributed by atoms with Gasteiger partial charge in [-0.2, -0.15) is 8.78 Å². The smallest absolute Gasteiger partial charge is 0.387 e. The molecular formula is C20H17F2N3O5S. The lowest BCUT2D eigenvalue weighted by molar-refractivity contribution is -0.119. The normalized spacial score (nSPS) is 10.7. The van der Waals surface area contributed by atoms with Crippen LogP contribution in [0, 0.1) is 6.92 Å². The van der Waals surface area contributed by atoms with Crippen molar-refractivity contribution in [3.8, 4) is 5.75 Å². The zero-order valence-electron chi connectivity index (χ0n) is 16.2. The van der Waals surface area contributed by atoms with E-state index < -0.39 is 25.1 Å². The maximum absolute atomic E-state index is 12.5. The van der Waals surface area contributed by atoms with Gasteiger partial charge in [0.25, 0.3) is 5.91 Å². The molecule has 0 spiro atoms. The first kappa shape index (κ1) is 22.2. The molecule has 0 aliphatic heterocycles. The van der Waals surface area contributed by atoms with Gasteiger partial charge in [0.05, 0.1) is 16.9 Å². The van der Waals surface area contributed by atoms with Gasteiger partial charge in [-0.1, -0.05) is 29.1 Å². The number of hydrogen-bond acceptors (Lipinski definition) is 8. The number of para-hydroxylation sites is 2. The molecule has 3 rings (SSSR count). The first-order valence-electron chi connectivity index (χ1n) is 8.93. The third kappa shape index (κ3) is 6.51. The minimum Gasteiger partial charge on any atom is -0.452 e. The fraction of sp³-hybridized carbons (Fsp3) is 0.200. The van der Waals surface area contributed by atoms with Crippen LogP contribution in [0.1, 0.15) is 21.8 Å². The molecule has 0 atom stereocenters. The number of benzene rings is 1. The largest absolute Gasteiger partial charge is 0.452 e. The van der Waals surface area contributed by atoms with E-state index in [1.807, 2.05) is 0 Å². The van der Waals surface area contributed by atoms with Gasteiger partial charge >= 0.3 is 12.6 Å². The van der Waals surface area contributed by atoms with Crippen LogP contribution in [0.4, 0.5) is 14.5 Å². The number of amides is 1. The van der Waals surface area contributed by atoms with E-state index in [-0.39, 0.29) is 17.0 Å². The van der Waals surface area contributed by atoms with Crippen LogP contribution in [0.25, 0.3) is 0 Å². The number of alkyl halides is 2. The Morgan fingerprint density at radius 2 is 2.03 bits per heavy atom. The van der Waals surface area contributed by atoms with E-state index in [2.05, 4.69) is 20.2 Å². The molecule has 11 heteroatoms. The number of nitrogens with one attached hydrogen (secondary N) is 1. The third-order valence-corrected chi connectivity index (χ3v) is 4.78. The first-order valence-corrected chi connectivity index (χ1v) is 9.91. The molecule has 1 N–H and O–H groups in total. The lowest BCUT2D eigenvalue weighted by Gasteiger charge is -2.12. The van der Waals surface area contributed by atoms with Gasteiger partial charge in [-0.25, -0.2) is 9.78 Å². The molecule has 1 aromatic carbocycles. The number of carbonyl (C=O) groups is 2. The molecule has 1 amide bonds. The fourth-order valence-corrected chi connectivity index (χ4v) is 3.32. The maximum atomic E-state index is 12.5. The Balaban J connectivity index is 1.58. The van der Waals surface area contributed by atoms with Crippen molar-refractivity contribution in [1.82, 2.24) is 10.1 Å². The molecule has 0 unspecified atom stereocenters. The fourth-order valence-electron chi connectivity index (χ4n) is 2.45. The van der Waals surface area contributed by atoms with Gasteiger partial charge in [-0.15, -0.1) is 0 Å². The molecule has 0 saturated carbocycles. The topological polar surface area (TPSA) is 104 Å². The number of halogens is 2. The summed E-state index contributed by atoms with van der Waals surface area (Å²) in [6.45, 7) is -1.89. The van der Waals surface area contributed by atoms with Crippen LogP contribution in [0.15, 0.2) is 58.2 Å². The summed E-state index contributed by atoms with van der Waals surface area (Å²) in [6, 6.07) is 10.6. The molecule has 0 saturated heterocycles. The van der Waals surface area contributed by atoms with Crippen molar-refractivity contribution in [2.24, 2.45) is 0 Å². The number of pyridine rings is 1. The van der Waals surface area contributed by atoms with Crippen LogP contribution in [-0.2, 0) is 15.3 Å². The van der Waals surface area contributed by atoms with Gasteiger partial charge in [-0.05, 0) is 31.2 Å². The quantitative estimate of drug-likeness (QED) is 0.385. The predicted octanol–water partition coefficient (Wildman–Crippen LogP) is 4.07. The number of hydrogen-bond donors (Lipinski definition) is 1. The zero-order chi connectivity index (χ0) is 22.2. The second-order valence-corrected chi connectivity index (χ2v) is 7.04. The van der Waals surface area contributed by atoms with Gasteiger partial charge < -0.3 is 19.3 Å². The summed E-state index contributed by atoms with van der Waals surface area (Å²) in [4.78, 5) is 28.7. The zero-order valence-corrected chi connectivity index (χ0v) is 17.0. The first-order chi connectivity index (χ1) is 14.9. The third-order valence-electron chi connectivity index (χ3n) is 3.74. The summed E-state index contributed by atoms with van der Waals surface area (Å²) in [6.07, 6.45) is 1.53. The van der Waals surface area contributed by atoms with Gasteiger partial charge in [0.15, 0.2) is 6.61 Å². The van der Waals surface area contributed by atoms with Crippen molar-refractivity contribution >= 4 is 29.3 Å². The van der Waals surface area contributed by atoms with E-state index in [1.165, 1.54) is 48.3 Å². The average molecular weight is 449 g/mol. The van der Waals surface area contributed by atoms with E-state index in [0.29, 0.717) is 22.2 Å². The van der Waals surface area contributed by atoms with E-state index >= 15 is 0 Å². The van der Waals surface area contributed by atoms with Crippen molar-refractivity contribution in [3.63, 3.8) is 0 Å². The summed E-state index contributed by atoms with van der Waals surface area (Å²) < 4.78 is 39.3. The van der Waals surface area contributed by atoms with E-state index in [0.717, 1.165) is 0 Å². The van der Waals surface area contributed by atoms with Crippen molar-refractivity contribution < 1.29 is 32.4 Å². The predicted molar refractivity (Wildman–Crippen MR) is 107 cm³/mol. The minimum atomic E-state index is -3.04. The summed E-state index contributed by atoms with van der Waals surface area (Å²) in [5, 5.41) is 6.66. The Hall–Kier alpha value is -3.47. The van der Waals surface area contributed by atoms with Crippen LogP contribution in [-0.4, -0.2) is 35.2 Å². The Morgan fingerprint density at radius 1 is 1.23 bits per heavy atom. The number of anilines is 1. The summed E-state index contributed by atoms with van der Waals surface area (Å²) in [7, 11) is 0. The molecule has 0 aliphatic rings. The van der Waals surface area contributed by atoms with E-state index in [4.69, 9.17) is 9.26 Å². The number of thioether (sulfide) groups is 1. The van der Waals surface area contributed by atoms with Gasteiger partial charge in [0.2, 0.25) is 0 Å². The number of aromatic nitrogens is 2. The lowest BCUT2D eigenvalue weighted by Crippen LogP contribution is -2.22. The van der Waals surface area contributed by atoms with E-state index in [9.17, 15) is 18.4 Å². The Morgan fingerprint density at radius 3 is 2.77 bits per heavy atom. The second-order valence-electron chi connectivity index (χ2n) is 6.07. The average Bonchev–Trinajstić information content (AvgIpc) is 3.17. The van der Waals surface area contributed by atoms with Gasteiger partial charge in [-0.3, -0.25) is 4.79 Å². The highest BCUT2D eigenvalue weighted by atomic mass is 32.2. The minimum absolute atomic E-state index is 0.0318. The summed E-state index contributed by atoms with van der Waals surface area (Å²) in [5.74, 6) is -0.571. The molecule has 3 aromatic rings. The van der Waals surface area contributed by atoms with Crippen molar-refractivity contribution in [2.75, 3.05) is 11.9 Å². The molecule has 2 heterocycles. The van der Waals surface area contributed by atoms with Crippen LogP contribution >= 0.6 is 11.8 Å². The highest BCUT2D eigenvalue weighted by Gasteiger charge is 2.17. The van der Waals surface area contributed by atoms with Crippen molar-refractivity contribution in [3.05, 3.63) is 65.7 Å². The number of ether oxygens (including phenoxy) is 2. The molecule has 0 bridgehead atoms. The summed E-state index contributed by atoms with van der Waals surface area (Å²) >= 11 is 1.26. The van der Waals surface area contributed by atoms with Crippen LogP contribution < -0.4 is 10.1 Å².